The van der Waals surface area contributed by atoms with Crippen LogP contribution in [0.1, 0.15) is 39.0 Å². The molecule has 35 heavy (non-hydrogen) atoms. The van der Waals surface area contributed by atoms with E-state index in [-0.39, 0.29) is 17.9 Å². The molecule has 0 saturated heterocycles. The molecule has 0 aliphatic rings. The zero-order chi connectivity index (χ0) is 24.8. The molecule has 0 bridgehead atoms. The molecule has 1 heterocycles. The number of carbonyl (C=O) groups is 2. The maximum atomic E-state index is 12.4. The van der Waals surface area contributed by atoms with Gasteiger partial charge in [0, 0.05) is 5.39 Å². The van der Waals surface area contributed by atoms with E-state index in [0.717, 1.165) is 14.5 Å². The smallest absolute Gasteiger partial charge is 0.335 e. The van der Waals surface area contributed by atoms with Crippen molar-refractivity contribution < 1.29 is 28.6 Å². The number of aromatic carboxylic acids is 1. The molecule has 0 radical (unpaired) electrons. The number of hydrogen-bond donors (Lipinski definition) is 2. The number of rotatable bonds is 9. The summed E-state index contributed by atoms with van der Waals surface area (Å²) in [4.78, 5) is 23.6. The van der Waals surface area contributed by atoms with Gasteiger partial charge in [0.15, 0.2) is 17.3 Å². The van der Waals surface area contributed by atoms with Crippen LogP contribution in [0.15, 0.2) is 76.2 Å². The molecule has 178 valence electrons. The molecule has 1 amide bonds. The summed E-state index contributed by atoms with van der Waals surface area (Å²) in [5.74, 6) is -0.229. The number of halogens is 1. The Bertz CT molecular complexity index is 1380. The molecule has 4 aromatic rings. The Hall–Kier alpha value is -3.86. The van der Waals surface area contributed by atoms with Gasteiger partial charge >= 0.3 is 11.9 Å². The van der Waals surface area contributed by atoms with Crippen LogP contribution in [-0.2, 0) is 6.61 Å². The highest BCUT2D eigenvalue weighted by molar-refractivity contribution is 14.1. The molecule has 0 unspecified atom stereocenters. The van der Waals surface area contributed by atoms with Crippen molar-refractivity contribution >= 4 is 51.7 Å². The summed E-state index contributed by atoms with van der Waals surface area (Å²) in [6.07, 6.45) is 1.51. The predicted molar refractivity (Wildman–Crippen MR) is 139 cm³/mol. The average molecular weight is 584 g/mol. The summed E-state index contributed by atoms with van der Waals surface area (Å²) in [6.45, 7) is 2.46. The topological polar surface area (TPSA) is 110 Å². The Morgan fingerprint density at radius 3 is 2.69 bits per heavy atom. The molecule has 0 atom stereocenters. The molecule has 8 nitrogen and oxygen atoms in total. The van der Waals surface area contributed by atoms with Crippen LogP contribution in [0.4, 0.5) is 0 Å². The first-order chi connectivity index (χ1) is 16.9. The SMILES string of the molecule is CCOc1cc(/C=N/NC(=O)c2cc3ccccc3o2)cc(I)c1OCc1cccc(C(=O)O)c1. The Kier molecular flexibility index (Phi) is 7.66. The fourth-order valence-electron chi connectivity index (χ4n) is 3.33. The van der Waals surface area contributed by atoms with Crippen LogP contribution in [0.5, 0.6) is 11.5 Å². The molecule has 4 rings (SSSR count). The number of nitrogens with one attached hydrogen (secondary N) is 1. The maximum Gasteiger partial charge on any atom is 0.335 e. The zero-order valence-corrected chi connectivity index (χ0v) is 20.8. The number of fused-ring (bicyclic) bond motifs is 1. The van der Waals surface area contributed by atoms with Crippen molar-refractivity contribution in [3.8, 4) is 11.5 Å². The second-order valence-electron chi connectivity index (χ2n) is 7.40. The van der Waals surface area contributed by atoms with Crippen molar-refractivity contribution in [3.63, 3.8) is 0 Å². The highest BCUT2D eigenvalue weighted by atomic mass is 127. The largest absolute Gasteiger partial charge is 0.490 e. The van der Waals surface area contributed by atoms with E-state index in [1.165, 1.54) is 12.3 Å². The predicted octanol–water partition coefficient (Wildman–Crippen LogP) is 5.48. The van der Waals surface area contributed by atoms with E-state index in [2.05, 4.69) is 33.1 Å². The molecule has 1 aromatic heterocycles. The normalized spacial score (nSPS) is 11.0. The summed E-state index contributed by atoms with van der Waals surface area (Å²) in [7, 11) is 0. The Morgan fingerprint density at radius 2 is 1.91 bits per heavy atom. The Labute approximate surface area is 214 Å². The summed E-state index contributed by atoms with van der Waals surface area (Å²) >= 11 is 2.13. The molecular weight excluding hydrogens is 563 g/mol. The first-order valence-electron chi connectivity index (χ1n) is 10.7. The van der Waals surface area contributed by atoms with Crippen molar-refractivity contribution in [1.82, 2.24) is 5.43 Å². The summed E-state index contributed by atoms with van der Waals surface area (Å²) in [5.41, 5.74) is 4.71. The van der Waals surface area contributed by atoms with Gasteiger partial charge in [-0.1, -0.05) is 30.3 Å². The lowest BCUT2D eigenvalue weighted by atomic mass is 10.1. The summed E-state index contributed by atoms with van der Waals surface area (Å²) < 4.78 is 18.0. The van der Waals surface area contributed by atoms with Crippen LogP contribution in [0, 0.1) is 3.57 Å². The second kappa shape index (κ2) is 11.0. The third-order valence-corrected chi connectivity index (χ3v) is 5.72. The van der Waals surface area contributed by atoms with Crippen molar-refractivity contribution in [2.24, 2.45) is 5.10 Å². The van der Waals surface area contributed by atoms with Crippen LogP contribution in [0.2, 0.25) is 0 Å². The molecular formula is C26H21IN2O6. The minimum atomic E-state index is -0.993. The van der Waals surface area contributed by atoms with Gasteiger partial charge in [0.25, 0.3) is 0 Å². The van der Waals surface area contributed by atoms with Crippen molar-refractivity contribution in [1.29, 1.82) is 0 Å². The Balaban J connectivity index is 1.46. The van der Waals surface area contributed by atoms with Crippen molar-refractivity contribution in [3.05, 3.63) is 92.8 Å². The van der Waals surface area contributed by atoms with Crippen LogP contribution in [-0.4, -0.2) is 29.8 Å². The number of carboxylic acids is 1. The molecule has 2 N–H and O–H groups in total. The van der Waals surface area contributed by atoms with E-state index in [0.29, 0.717) is 29.3 Å². The fraction of sp³-hybridized carbons (Fsp3) is 0.115. The minimum Gasteiger partial charge on any atom is -0.490 e. The van der Waals surface area contributed by atoms with E-state index >= 15 is 0 Å². The number of ether oxygens (including phenoxy) is 2. The molecule has 0 fully saturated rings. The quantitative estimate of drug-likeness (QED) is 0.153. The summed E-state index contributed by atoms with van der Waals surface area (Å²) in [5, 5.41) is 14.1. The average Bonchev–Trinajstić information content (AvgIpc) is 3.28. The van der Waals surface area contributed by atoms with Gasteiger partial charge in [0.05, 0.1) is 22.0 Å². The second-order valence-corrected chi connectivity index (χ2v) is 8.57. The number of carbonyl (C=O) groups excluding carboxylic acids is 1. The van der Waals surface area contributed by atoms with Crippen LogP contribution >= 0.6 is 22.6 Å². The van der Waals surface area contributed by atoms with Gasteiger partial charge in [-0.2, -0.15) is 5.10 Å². The van der Waals surface area contributed by atoms with Gasteiger partial charge in [-0.3, -0.25) is 4.79 Å². The monoisotopic (exact) mass is 584 g/mol. The number of para-hydroxylation sites is 1. The molecule has 0 aliphatic carbocycles. The molecule has 3 aromatic carbocycles. The van der Waals surface area contributed by atoms with Gasteiger partial charge in [0.2, 0.25) is 0 Å². The fourth-order valence-corrected chi connectivity index (χ4v) is 4.11. The maximum absolute atomic E-state index is 12.4. The number of furan rings is 1. The highest BCUT2D eigenvalue weighted by Gasteiger charge is 2.14. The van der Waals surface area contributed by atoms with Gasteiger partial charge in [-0.05, 0) is 77.0 Å². The first kappa shape index (κ1) is 24.3. The van der Waals surface area contributed by atoms with E-state index < -0.39 is 11.9 Å². The lowest BCUT2D eigenvalue weighted by molar-refractivity contribution is 0.0696. The number of nitrogens with zero attached hydrogens (tertiary/aromatic N) is 1. The number of benzene rings is 3. The zero-order valence-electron chi connectivity index (χ0n) is 18.7. The molecule has 0 saturated carbocycles. The van der Waals surface area contributed by atoms with Crippen molar-refractivity contribution in [2.45, 2.75) is 13.5 Å². The first-order valence-corrected chi connectivity index (χ1v) is 11.8. The molecule has 0 aliphatic heterocycles. The van der Waals surface area contributed by atoms with E-state index in [4.69, 9.17) is 13.9 Å². The van der Waals surface area contributed by atoms with Crippen LogP contribution < -0.4 is 14.9 Å². The lowest BCUT2D eigenvalue weighted by Crippen LogP contribution is -2.16. The third-order valence-electron chi connectivity index (χ3n) is 4.92. The number of hydrogen-bond acceptors (Lipinski definition) is 6. The summed E-state index contributed by atoms with van der Waals surface area (Å²) in [6, 6.07) is 19.2. The van der Waals surface area contributed by atoms with Crippen LogP contribution in [0.25, 0.3) is 11.0 Å². The number of hydrazone groups is 1. The third kappa shape index (κ3) is 5.99. The van der Waals surface area contributed by atoms with Gasteiger partial charge < -0.3 is 19.0 Å². The van der Waals surface area contributed by atoms with Gasteiger partial charge in [-0.15, -0.1) is 0 Å². The Morgan fingerprint density at radius 1 is 1.09 bits per heavy atom. The van der Waals surface area contributed by atoms with Crippen molar-refractivity contribution in [2.75, 3.05) is 6.61 Å². The van der Waals surface area contributed by atoms with Gasteiger partial charge in [0.1, 0.15) is 12.2 Å². The number of amides is 1. The molecule has 0 spiro atoms. The molecule has 9 heteroatoms. The van der Waals surface area contributed by atoms with Crippen LogP contribution in [0.3, 0.4) is 0 Å². The van der Waals surface area contributed by atoms with E-state index in [1.54, 1.807) is 36.4 Å². The van der Waals surface area contributed by atoms with Gasteiger partial charge in [-0.25, -0.2) is 10.2 Å². The lowest BCUT2D eigenvalue weighted by Gasteiger charge is -2.15. The number of carboxylic acid groups (broad SMARTS) is 1. The van der Waals surface area contributed by atoms with E-state index in [9.17, 15) is 14.7 Å². The highest BCUT2D eigenvalue weighted by Crippen LogP contribution is 2.34. The van der Waals surface area contributed by atoms with E-state index in [1.807, 2.05) is 31.2 Å². The minimum absolute atomic E-state index is 0.170. The standard InChI is InChI=1S/C26H21IN2O6/c1-2-33-22-12-17(14-28-29-25(30)23-13-18-7-3-4-9-21(18)35-23)11-20(27)24(22)34-15-16-6-5-8-19(10-16)26(31)32/h3-14H,2,15H2,1H3,(H,29,30)(H,31,32)/b28-14+.